The highest BCUT2D eigenvalue weighted by Crippen LogP contribution is 2.44. The molecule has 0 heterocycles. The van der Waals surface area contributed by atoms with Gasteiger partial charge in [0.15, 0.2) is 0 Å². The molecule has 3 N–H and O–H groups in total. The number of benzene rings is 2. The third-order valence-corrected chi connectivity index (χ3v) is 6.45. The molecule has 1 aliphatic carbocycles. The Balaban J connectivity index is 1.58. The van der Waals surface area contributed by atoms with Crippen LogP contribution in [0, 0.1) is 0 Å². The minimum Gasteiger partial charge on any atom is -0.481 e. The third kappa shape index (κ3) is 7.31. The lowest BCUT2D eigenvalue weighted by molar-refractivity contribution is -0.137. The fourth-order valence-electron chi connectivity index (χ4n) is 4.62. The van der Waals surface area contributed by atoms with Crippen molar-refractivity contribution in [3.05, 3.63) is 59.7 Å². The summed E-state index contributed by atoms with van der Waals surface area (Å²) in [7, 11) is 0. The molecule has 2 aromatic carbocycles. The molecule has 3 rings (SSSR count). The molecule has 0 saturated heterocycles. The normalized spacial score (nSPS) is 13.5. The molecule has 1 unspecified atom stereocenters. The topological polar surface area (TPSA) is 105 Å². The van der Waals surface area contributed by atoms with Gasteiger partial charge in [0.05, 0.1) is 0 Å². The van der Waals surface area contributed by atoms with E-state index in [-0.39, 0.29) is 37.3 Å². The van der Waals surface area contributed by atoms with Gasteiger partial charge in [-0.05, 0) is 48.9 Å². The summed E-state index contributed by atoms with van der Waals surface area (Å²) >= 11 is 0. The van der Waals surface area contributed by atoms with E-state index in [4.69, 9.17) is 9.84 Å². The van der Waals surface area contributed by atoms with E-state index in [2.05, 4.69) is 41.8 Å². The van der Waals surface area contributed by atoms with Crippen molar-refractivity contribution < 1.29 is 24.2 Å². The van der Waals surface area contributed by atoms with E-state index in [1.165, 1.54) is 11.1 Å². The molecule has 0 radical (unpaired) electrons. The molecule has 188 valence electrons. The quantitative estimate of drug-likeness (QED) is 0.386. The van der Waals surface area contributed by atoms with Gasteiger partial charge >= 0.3 is 12.1 Å². The summed E-state index contributed by atoms with van der Waals surface area (Å²) in [5, 5.41) is 14.7. The fourth-order valence-corrected chi connectivity index (χ4v) is 4.62. The number of hydrogen-bond acceptors (Lipinski definition) is 4. The second-order valence-electron chi connectivity index (χ2n) is 9.84. The molecular weight excluding hydrogens is 444 g/mol. The fraction of sp³-hybridized carbons (Fsp3) is 0.464. The van der Waals surface area contributed by atoms with Crippen LogP contribution in [0.5, 0.6) is 0 Å². The van der Waals surface area contributed by atoms with Crippen LogP contribution in [0.15, 0.2) is 48.5 Å². The van der Waals surface area contributed by atoms with Crippen LogP contribution in [-0.2, 0) is 14.3 Å². The van der Waals surface area contributed by atoms with Crippen molar-refractivity contribution in [3.63, 3.8) is 0 Å². The van der Waals surface area contributed by atoms with Crippen LogP contribution in [0.2, 0.25) is 0 Å². The third-order valence-electron chi connectivity index (χ3n) is 6.45. The number of carboxylic acids is 1. The Hall–Kier alpha value is -3.35. The molecule has 7 nitrogen and oxygen atoms in total. The first-order valence-corrected chi connectivity index (χ1v) is 12.3. The molecule has 2 amide bonds. The maximum Gasteiger partial charge on any atom is 0.407 e. The van der Waals surface area contributed by atoms with Gasteiger partial charge in [-0.2, -0.15) is 0 Å². The zero-order valence-corrected chi connectivity index (χ0v) is 20.8. The summed E-state index contributed by atoms with van der Waals surface area (Å²) in [6.45, 7) is 5.87. The minimum atomic E-state index is -0.898. The van der Waals surface area contributed by atoms with Gasteiger partial charge in [-0.15, -0.1) is 0 Å². The van der Waals surface area contributed by atoms with Crippen molar-refractivity contribution in [1.29, 1.82) is 0 Å². The monoisotopic (exact) mass is 480 g/mol. The van der Waals surface area contributed by atoms with Gasteiger partial charge in [0.2, 0.25) is 5.91 Å². The number of hydrogen-bond donors (Lipinski definition) is 3. The lowest BCUT2D eigenvalue weighted by atomic mass is 9.97. The van der Waals surface area contributed by atoms with Crippen LogP contribution in [0.1, 0.15) is 76.3 Å². The molecule has 0 bridgehead atoms. The molecule has 0 spiro atoms. The Bertz CT molecular complexity index is 1000. The molecule has 1 atom stereocenters. The number of carboxylic acid groups (broad SMARTS) is 1. The molecule has 35 heavy (non-hydrogen) atoms. The highest BCUT2D eigenvalue weighted by atomic mass is 16.5. The van der Waals surface area contributed by atoms with Gasteiger partial charge in [-0.25, -0.2) is 4.79 Å². The molecule has 0 aliphatic heterocycles. The number of nitrogens with one attached hydrogen (secondary N) is 2. The van der Waals surface area contributed by atoms with Crippen molar-refractivity contribution in [2.45, 2.75) is 76.8 Å². The summed E-state index contributed by atoms with van der Waals surface area (Å²) in [6.07, 6.45) is 2.34. The summed E-state index contributed by atoms with van der Waals surface area (Å²) in [5.74, 6) is -1.15. The maximum absolute atomic E-state index is 12.7. The number of alkyl carbamates (subject to hydrolysis) is 1. The molecule has 0 saturated carbocycles. The smallest absolute Gasteiger partial charge is 0.407 e. The Morgan fingerprint density at radius 2 is 1.63 bits per heavy atom. The Morgan fingerprint density at radius 3 is 2.20 bits per heavy atom. The van der Waals surface area contributed by atoms with E-state index in [1.807, 2.05) is 24.3 Å². The average Bonchev–Trinajstić information content (AvgIpc) is 3.13. The molecule has 1 aliphatic rings. The van der Waals surface area contributed by atoms with Gasteiger partial charge in [0.25, 0.3) is 0 Å². The van der Waals surface area contributed by atoms with E-state index < -0.39 is 17.6 Å². The van der Waals surface area contributed by atoms with E-state index >= 15 is 0 Å². The molecule has 2 aromatic rings. The first-order chi connectivity index (χ1) is 16.7. The van der Waals surface area contributed by atoms with Crippen molar-refractivity contribution in [3.8, 4) is 11.1 Å². The summed E-state index contributed by atoms with van der Waals surface area (Å²) in [4.78, 5) is 36.2. The summed E-state index contributed by atoms with van der Waals surface area (Å²) < 4.78 is 5.65. The van der Waals surface area contributed by atoms with E-state index in [9.17, 15) is 14.4 Å². The van der Waals surface area contributed by atoms with E-state index in [1.54, 1.807) is 13.8 Å². The average molecular weight is 481 g/mol. The number of ether oxygens (including phenoxy) is 1. The van der Waals surface area contributed by atoms with Gasteiger partial charge in [0.1, 0.15) is 6.61 Å². The highest BCUT2D eigenvalue weighted by Gasteiger charge is 2.29. The number of fused-ring (bicyclic) bond motifs is 3. The zero-order chi connectivity index (χ0) is 25.4. The van der Waals surface area contributed by atoms with Crippen molar-refractivity contribution >= 4 is 18.0 Å². The van der Waals surface area contributed by atoms with Gasteiger partial charge in [0, 0.05) is 30.3 Å². The predicted octanol–water partition coefficient (Wildman–Crippen LogP) is 5.23. The molecular formula is C28H36N2O5. The Labute approximate surface area is 207 Å². The number of rotatable bonds is 12. The first kappa shape index (κ1) is 26.3. The van der Waals surface area contributed by atoms with Gasteiger partial charge < -0.3 is 20.5 Å². The Kier molecular flexibility index (Phi) is 8.90. The van der Waals surface area contributed by atoms with Crippen LogP contribution >= 0.6 is 0 Å². The van der Waals surface area contributed by atoms with Crippen LogP contribution in [0.3, 0.4) is 0 Å². The zero-order valence-electron chi connectivity index (χ0n) is 20.8. The maximum atomic E-state index is 12.7. The number of carbonyl (C=O) groups is 3. The SMILES string of the molecule is CCCCC(CC(=O)NC(C)(C)CCC(=O)O)NC(=O)OCC1c2ccccc2-c2ccccc21. The predicted molar refractivity (Wildman–Crippen MR) is 135 cm³/mol. The van der Waals surface area contributed by atoms with Crippen molar-refractivity contribution in [2.24, 2.45) is 0 Å². The number of aliphatic carboxylic acids is 1. The van der Waals surface area contributed by atoms with Gasteiger partial charge in [-0.3, -0.25) is 9.59 Å². The van der Waals surface area contributed by atoms with Crippen molar-refractivity contribution in [2.75, 3.05) is 6.61 Å². The van der Waals surface area contributed by atoms with Crippen LogP contribution < -0.4 is 10.6 Å². The van der Waals surface area contributed by atoms with Gasteiger partial charge in [-0.1, -0.05) is 68.3 Å². The lowest BCUT2D eigenvalue weighted by Gasteiger charge is -2.27. The Morgan fingerprint density at radius 1 is 1.03 bits per heavy atom. The minimum absolute atomic E-state index is 0.0233. The molecule has 0 aromatic heterocycles. The van der Waals surface area contributed by atoms with Crippen LogP contribution in [-0.4, -0.2) is 41.3 Å². The lowest BCUT2D eigenvalue weighted by Crippen LogP contribution is -2.47. The van der Waals surface area contributed by atoms with E-state index in [0.29, 0.717) is 12.8 Å². The first-order valence-electron chi connectivity index (χ1n) is 12.3. The summed E-state index contributed by atoms with van der Waals surface area (Å²) in [6, 6.07) is 16.0. The van der Waals surface area contributed by atoms with Crippen LogP contribution in [0.4, 0.5) is 4.79 Å². The number of amides is 2. The van der Waals surface area contributed by atoms with Crippen LogP contribution in [0.25, 0.3) is 11.1 Å². The summed E-state index contributed by atoms with van der Waals surface area (Å²) in [5.41, 5.74) is 3.98. The number of unbranched alkanes of at least 4 members (excludes halogenated alkanes) is 1. The highest BCUT2D eigenvalue weighted by molar-refractivity contribution is 5.80. The second kappa shape index (κ2) is 11.9. The molecule has 0 fully saturated rings. The standard InChI is InChI=1S/C28H36N2O5/c1-4-5-10-19(17-25(31)30-28(2,3)16-15-26(32)33)29-27(34)35-18-24-22-13-8-6-11-20(22)21-12-7-9-14-23(21)24/h6-9,11-14,19,24H,4-5,10,15-18H2,1-3H3,(H,29,34)(H,30,31)(H,32,33). The second-order valence-corrected chi connectivity index (χ2v) is 9.84. The molecule has 7 heteroatoms. The van der Waals surface area contributed by atoms with Crippen molar-refractivity contribution in [1.82, 2.24) is 10.6 Å². The number of carbonyl (C=O) groups excluding carboxylic acids is 2. The van der Waals surface area contributed by atoms with E-state index in [0.717, 1.165) is 24.0 Å². The largest absolute Gasteiger partial charge is 0.481 e.